The van der Waals surface area contributed by atoms with Crippen molar-refractivity contribution >= 4 is 6.29 Å². The molecule has 0 saturated heterocycles. The van der Waals surface area contributed by atoms with Crippen molar-refractivity contribution in [1.29, 1.82) is 0 Å². The second-order valence-corrected chi connectivity index (χ2v) is 2.55. The van der Waals surface area contributed by atoms with E-state index in [-0.39, 0.29) is 0 Å². The zero-order chi connectivity index (χ0) is 8.81. The van der Waals surface area contributed by atoms with Gasteiger partial charge >= 0.3 is 0 Å². The zero-order valence-corrected chi connectivity index (χ0v) is 7.08. The lowest BCUT2D eigenvalue weighted by atomic mass is 10.2. The molecule has 0 saturated carbocycles. The smallest absolute Gasteiger partial charge is 0.150 e. The number of nitrogens with zero attached hydrogens (tertiary/aromatic N) is 1. The van der Waals surface area contributed by atoms with Crippen molar-refractivity contribution in [1.82, 2.24) is 10.3 Å². The summed E-state index contributed by atoms with van der Waals surface area (Å²) in [5.74, 6) is 0. The van der Waals surface area contributed by atoms with Gasteiger partial charge in [-0.1, -0.05) is 0 Å². The third-order valence-corrected chi connectivity index (χ3v) is 1.61. The minimum atomic E-state index is 0.691. The van der Waals surface area contributed by atoms with Gasteiger partial charge in [-0.3, -0.25) is 9.78 Å². The third kappa shape index (κ3) is 2.43. The molecule has 1 heterocycles. The Morgan fingerprint density at radius 1 is 1.67 bits per heavy atom. The normalized spacial score (nSPS) is 9.75. The van der Waals surface area contributed by atoms with Gasteiger partial charge < -0.3 is 5.32 Å². The van der Waals surface area contributed by atoms with Crippen molar-refractivity contribution < 1.29 is 4.79 Å². The Labute approximate surface area is 71.8 Å². The standard InChI is InChI=1S/C9H12N2O/c1-10-4-3-9-6-8(7-12)2-5-11-9/h2,5-7,10H,3-4H2,1H3. The topological polar surface area (TPSA) is 42.0 Å². The molecule has 1 N–H and O–H groups in total. The summed E-state index contributed by atoms with van der Waals surface area (Å²) in [4.78, 5) is 14.5. The number of nitrogens with one attached hydrogen (secondary N) is 1. The van der Waals surface area contributed by atoms with Gasteiger partial charge in [0, 0.05) is 30.4 Å². The van der Waals surface area contributed by atoms with E-state index in [2.05, 4.69) is 10.3 Å². The maximum atomic E-state index is 10.4. The summed E-state index contributed by atoms with van der Waals surface area (Å²) in [5.41, 5.74) is 1.64. The van der Waals surface area contributed by atoms with Gasteiger partial charge in [0.2, 0.25) is 0 Å². The number of carbonyl (C=O) groups excluding carboxylic acids is 1. The molecule has 1 rings (SSSR count). The zero-order valence-electron chi connectivity index (χ0n) is 7.08. The summed E-state index contributed by atoms with van der Waals surface area (Å²) in [6.45, 7) is 0.884. The first-order valence-corrected chi connectivity index (χ1v) is 3.91. The molecule has 12 heavy (non-hydrogen) atoms. The van der Waals surface area contributed by atoms with Crippen molar-refractivity contribution in [2.75, 3.05) is 13.6 Å². The predicted octanol–water partition coefficient (Wildman–Crippen LogP) is 0.656. The molecule has 1 aromatic heterocycles. The number of hydrogen-bond donors (Lipinski definition) is 1. The van der Waals surface area contributed by atoms with Crippen LogP contribution >= 0.6 is 0 Å². The molecule has 0 aliphatic heterocycles. The first kappa shape index (κ1) is 8.87. The molecule has 0 spiro atoms. The fourth-order valence-electron chi connectivity index (χ4n) is 0.960. The summed E-state index contributed by atoms with van der Waals surface area (Å²) in [7, 11) is 1.89. The summed E-state index contributed by atoms with van der Waals surface area (Å²) in [5, 5.41) is 3.03. The van der Waals surface area contributed by atoms with Crippen LogP contribution in [0.25, 0.3) is 0 Å². The third-order valence-electron chi connectivity index (χ3n) is 1.61. The lowest BCUT2D eigenvalue weighted by Gasteiger charge is -1.99. The molecule has 3 nitrogen and oxygen atoms in total. The first-order valence-electron chi connectivity index (χ1n) is 3.91. The van der Waals surface area contributed by atoms with E-state index in [9.17, 15) is 4.79 Å². The van der Waals surface area contributed by atoms with Crippen LogP contribution in [0.1, 0.15) is 16.1 Å². The average Bonchev–Trinajstić information content (AvgIpc) is 2.15. The van der Waals surface area contributed by atoms with Gasteiger partial charge in [0.1, 0.15) is 6.29 Å². The Hall–Kier alpha value is -1.22. The monoisotopic (exact) mass is 164 g/mol. The van der Waals surface area contributed by atoms with Crippen LogP contribution in [-0.2, 0) is 6.42 Å². The average molecular weight is 164 g/mol. The van der Waals surface area contributed by atoms with Crippen LogP contribution in [0.15, 0.2) is 18.3 Å². The summed E-state index contributed by atoms with van der Waals surface area (Å²) in [6.07, 6.45) is 3.36. The summed E-state index contributed by atoms with van der Waals surface area (Å²) in [6, 6.07) is 3.51. The Morgan fingerprint density at radius 2 is 2.50 bits per heavy atom. The Balaban J connectivity index is 2.66. The molecule has 64 valence electrons. The van der Waals surface area contributed by atoms with Crippen LogP contribution in [0.2, 0.25) is 0 Å². The first-order chi connectivity index (χ1) is 5.86. The highest BCUT2D eigenvalue weighted by Gasteiger charge is 1.94. The van der Waals surface area contributed by atoms with E-state index in [4.69, 9.17) is 0 Å². The largest absolute Gasteiger partial charge is 0.319 e. The van der Waals surface area contributed by atoms with E-state index in [1.165, 1.54) is 0 Å². The molecule has 0 bridgehead atoms. The molecule has 0 atom stereocenters. The van der Waals surface area contributed by atoms with Crippen molar-refractivity contribution in [2.24, 2.45) is 0 Å². The van der Waals surface area contributed by atoms with Gasteiger partial charge in [0.05, 0.1) is 0 Å². The Bertz CT molecular complexity index is 260. The SMILES string of the molecule is CNCCc1cc(C=O)ccn1. The highest BCUT2D eigenvalue weighted by molar-refractivity contribution is 5.74. The fraction of sp³-hybridized carbons (Fsp3) is 0.333. The quantitative estimate of drug-likeness (QED) is 0.664. The molecule has 1 aromatic rings. The van der Waals surface area contributed by atoms with E-state index >= 15 is 0 Å². The molecule has 0 fully saturated rings. The van der Waals surface area contributed by atoms with Crippen LogP contribution in [0.5, 0.6) is 0 Å². The second-order valence-electron chi connectivity index (χ2n) is 2.55. The Morgan fingerprint density at radius 3 is 3.17 bits per heavy atom. The summed E-state index contributed by atoms with van der Waals surface area (Å²) >= 11 is 0. The van der Waals surface area contributed by atoms with Crippen molar-refractivity contribution in [3.05, 3.63) is 29.6 Å². The van der Waals surface area contributed by atoms with Gasteiger partial charge in [-0.25, -0.2) is 0 Å². The molecular formula is C9H12N2O. The molecule has 3 heteroatoms. The lowest BCUT2D eigenvalue weighted by Crippen LogP contribution is -2.11. The summed E-state index contributed by atoms with van der Waals surface area (Å²) < 4.78 is 0. The lowest BCUT2D eigenvalue weighted by molar-refractivity contribution is 0.112. The molecule has 0 radical (unpaired) electrons. The minimum Gasteiger partial charge on any atom is -0.319 e. The molecule has 0 amide bonds. The van der Waals surface area contributed by atoms with Crippen LogP contribution in [0.3, 0.4) is 0 Å². The van der Waals surface area contributed by atoms with Crippen molar-refractivity contribution in [2.45, 2.75) is 6.42 Å². The van der Waals surface area contributed by atoms with E-state index in [0.717, 1.165) is 24.9 Å². The number of pyridine rings is 1. The van der Waals surface area contributed by atoms with Crippen molar-refractivity contribution in [3.8, 4) is 0 Å². The number of carbonyl (C=O) groups is 1. The van der Waals surface area contributed by atoms with E-state index in [1.54, 1.807) is 12.3 Å². The number of likely N-dealkylation sites (N-methyl/N-ethyl adjacent to an activating group) is 1. The number of hydrogen-bond acceptors (Lipinski definition) is 3. The second kappa shape index (κ2) is 4.62. The molecule has 0 aliphatic rings. The van der Waals surface area contributed by atoms with Crippen LogP contribution in [0, 0.1) is 0 Å². The van der Waals surface area contributed by atoms with Gasteiger partial charge in [-0.15, -0.1) is 0 Å². The van der Waals surface area contributed by atoms with Crippen molar-refractivity contribution in [3.63, 3.8) is 0 Å². The van der Waals surface area contributed by atoms with Crippen LogP contribution in [0.4, 0.5) is 0 Å². The molecule has 0 aliphatic carbocycles. The fourth-order valence-corrected chi connectivity index (χ4v) is 0.960. The number of aromatic nitrogens is 1. The predicted molar refractivity (Wildman–Crippen MR) is 47.3 cm³/mol. The van der Waals surface area contributed by atoms with E-state index in [0.29, 0.717) is 5.56 Å². The van der Waals surface area contributed by atoms with Gasteiger partial charge in [0.15, 0.2) is 0 Å². The van der Waals surface area contributed by atoms with Crippen LogP contribution in [-0.4, -0.2) is 24.9 Å². The minimum absolute atomic E-state index is 0.691. The molecule has 0 unspecified atom stereocenters. The Kier molecular flexibility index (Phi) is 3.41. The number of aldehydes is 1. The number of rotatable bonds is 4. The highest BCUT2D eigenvalue weighted by Crippen LogP contribution is 1.98. The van der Waals surface area contributed by atoms with Gasteiger partial charge in [-0.05, 0) is 19.2 Å². The highest BCUT2D eigenvalue weighted by atomic mass is 16.1. The maximum absolute atomic E-state index is 10.4. The van der Waals surface area contributed by atoms with Gasteiger partial charge in [0.25, 0.3) is 0 Å². The van der Waals surface area contributed by atoms with E-state index < -0.39 is 0 Å². The van der Waals surface area contributed by atoms with E-state index in [1.807, 2.05) is 13.1 Å². The molecule has 0 aromatic carbocycles. The van der Waals surface area contributed by atoms with Gasteiger partial charge in [-0.2, -0.15) is 0 Å². The molecular weight excluding hydrogens is 152 g/mol. The van der Waals surface area contributed by atoms with Crippen LogP contribution < -0.4 is 5.32 Å². The maximum Gasteiger partial charge on any atom is 0.150 e.